The van der Waals surface area contributed by atoms with E-state index >= 15 is 0 Å². The summed E-state index contributed by atoms with van der Waals surface area (Å²) in [5.41, 5.74) is 2.90. The first-order valence-corrected chi connectivity index (χ1v) is 9.74. The van der Waals surface area contributed by atoms with Gasteiger partial charge in [0.1, 0.15) is 0 Å². The van der Waals surface area contributed by atoms with Crippen molar-refractivity contribution in [3.8, 4) is 5.69 Å². The largest absolute Gasteiger partial charge is 0.347 e. The molecule has 1 aliphatic rings. The van der Waals surface area contributed by atoms with Crippen LogP contribution in [0.2, 0.25) is 0 Å². The number of carbonyl (C=O) groups is 1. The molecule has 24 heavy (non-hydrogen) atoms. The van der Waals surface area contributed by atoms with Crippen LogP contribution in [-0.2, 0) is 16.3 Å². The fraction of sp³-hybridized carbons (Fsp3) is 0.438. The van der Waals surface area contributed by atoms with Crippen LogP contribution in [0.3, 0.4) is 0 Å². The third-order valence-corrected chi connectivity index (χ3v) is 6.03. The quantitative estimate of drug-likeness (QED) is 0.891. The van der Waals surface area contributed by atoms with Crippen molar-refractivity contribution in [1.29, 1.82) is 0 Å². The maximum atomic E-state index is 12.4. The zero-order valence-electron chi connectivity index (χ0n) is 13.7. The van der Waals surface area contributed by atoms with Gasteiger partial charge >= 0.3 is 0 Å². The number of carbonyl (C=O) groups excluding carboxylic acids is 1. The minimum atomic E-state index is -3.03. The van der Waals surface area contributed by atoms with E-state index in [0.717, 1.165) is 12.1 Å². The smallest absolute Gasteiger partial charge is 0.274 e. The Bertz CT molecular complexity index is 856. The Hall–Kier alpha value is -2.22. The van der Waals surface area contributed by atoms with Crippen molar-refractivity contribution < 1.29 is 13.2 Å². The van der Waals surface area contributed by atoms with E-state index in [9.17, 15) is 13.2 Å². The molecule has 1 atom stereocenters. The van der Waals surface area contributed by atoms with Crippen molar-refractivity contribution in [2.45, 2.75) is 32.7 Å². The highest BCUT2D eigenvalue weighted by Crippen LogP contribution is 2.15. The van der Waals surface area contributed by atoms with Gasteiger partial charge in [-0.3, -0.25) is 4.79 Å². The predicted molar refractivity (Wildman–Crippen MR) is 90.0 cm³/mol. The highest BCUT2D eigenvalue weighted by atomic mass is 32.2. The number of aryl methyl sites for hydroxylation is 1. The van der Waals surface area contributed by atoms with Crippen LogP contribution in [0.25, 0.3) is 5.69 Å². The normalized spacial score (nSPS) is 19.3. The predicted octanol–water partition coefficient (Wildman–Crippen LogP) is 1.06. The molecular formula is C16H20N4O3S. The second kappa shape index (κ2) is 6.35. The first kappa shape index (κ1) is 16.6. The monoisotopic (exact) mass is 348 g/mol. The number of aromatic nitrogens is 3. The van der Waals surface area contributed by atoms with Gasteiger partial charge in [-0.2, -0.15) is 0 Å². The van der Waals surface area contributed by atoms with Crippen molar-refractivity contribution in [1.82, 2.24) is 20.3 Å². The van der Waals surface area contributed by atoms with E-state index < -0.39 is 9.84 Å². The molecule has 0 radical (unpaired) electrons. The maximum absolute atomic E-state index is 12.4. The van der Waals surface area contributed by atoms with Gasteiger partial charge in [-0.1, -0.05) is 24.3 Å². The summed E-state index contributed by atoms with van der Waals surface area (Å²) in [4.78, 5) is 12.4. The summed E-state index contributed by atoms with van der Waals surface area (Å²) in [6.45, 7) is 3.86. The molecule has 2 aromatic rings. The van der Waals surface area contributed by atoms with Crippen LogP contribution in [0.1, 0.15) is 35.1 Å². The Labute approximate surface area is 141 Å². The Balaban J connectivity index is 1.77. The molecule has 3 rings (SSSR count). The molecule has 0 spiro atoms. The van der Waals surface area contributed by atoms with E-state index in [2.05, 4.69) is 22.6 Å². The Morgan fingerprint density at radius 1 is 1.33 bits per heavy atom. The van der Waals surface area contributed by atoms with Crippen LogP contribution < -0.4 is 5.32 Å². The molecule has 1 aromatic heterocycles. The van der Waals surface area contributed by atoms with Crippen LogP contribution >= 0.6 is 0 Å². The molecule has 7 nitrogen and oxygen atoms in total. The standard InChI is InChI=1S/C16H20N4O3S/c1-3-12-4-6-14(7-5-12)20-11(2)15(18-19-20)16(21)17-13-8-9-24(22,23)10-13/h4-7,13H,3,8-10H2,1-2H3,(H,17,21)/t13-/m1/s1. The van der Waals surface area contributed by atoms with Gasteiger partial charge in [0.2, 0.25) is 0 Å². The number of nitrogens with one attached hydrogen (secondary N) is 1. The molecule has 1 fully saturated rings. The lowest BCUT2D eigenvalue weighted by molar-refractivity contribution is 0.0935. The molecule has 0 aliphatic carbocycles. The van der Waals surface area contributed by atoms with Gasteiger partial charge < -0.3 is 5.32 Å². The lowest BCUT2D eigenvalue weighted by atomic mass is 10.1. The van der Waals surface area contributed by atoms with Gasteiger partial charge in [0.05, 0.1) is 22.9 Å². The SMILES string of the molecule is CCc1ccc(-n2nnc(C(=O)N[C@@H]3CCS(=O)(=O)C3)c2C)cc1. The van der Waals surface area contributed by atoms with Crippen molar-refractivity contribution in [3.63, 3.8) is 0 Å². The number of hydrogen-bond donors (Lipinski definition) is 1. The van der Waals surface area contributed by atoms with E-state index in [4.69, 9.17) is 0 Å². The molecule has 0 saturated carbocycles. The molecule has 2 heterocycles. The molecule has 1 aromatic carbocycles. The van der Waals surface area contributed by atoms with Crippen molar-refractivity contribution in [3.05, 3.63) is 41.2 Å². The highest BCUT2D eigenvalue weighted by molar-refractivity contribution is 7.91. The summed E-state index contributed by atoms with van der Waals surface area (Å²) in [6, 6.07) is 7.55. The van der Waals surface area contributed by atoms with Crippen molar-refractivity contribution in [2.75, 3.05) is 11.5 Å². The second-order valence-electron chi connectivity index (χ2n) is 6.03. The molecular weight excluding hydrogens is 328 g/mol. The fourth-order valence-electron chi connectivity index (χ4n) is 2.82. The summed E-state index contributed by atoms with van der Waals surface area (Å²) >= 11 is 0. The highest BCUT2D eigenvalue weighted by Gasteiger charge is 2.30. The number of amides is 1. The lowest BCUT2D eigenvalue weighted by Crippen LogP contribution is -2.36. The number of sulfone groups is 1. The van der Waals surface area contributed by atoms with Crippen LogP contribution in [0, 0.1) is 6.92 Å². The van der Waals surface area contributed by atoms with E-state index in [-0.39, 0.29) is 29.1 Å². The summed E-state index contributed by atoms with van der Waals surface area (Å²) < 4.78 is 24.6. The number of benzene rings is 1. The number of rotatable bonds is 4. The van der Waals surface area contributed by atoms with Gasteiger partial charge in [-0.25, -0.2) is 13.1 Å². The van der Waals surface area contributed by atoms with Gasteiger partial charge in [-0.05, 0) is 37.5 Å². The Morgan fingerprint density at radius 2 is 2.04 bits per heavy atom. The summed E-state index contributed by atoms with van der Waals surface area (Å²) in [5, 5.41) is 10.8. The molecule has 0 bridgehead atoms. The lowest BCUT2D eigenvalue weighted by Gasteiger charge is -2.09. The number of hydrogen-bond acceptors (Lipinski definition) is 5. The first-order valence-electron chi connectivity index (χ1n) is 7.92. The molecule has 0 unspecified atom stereocenters. The molecule has 1 N–H and O–H groups in total. The fourth-order valence-corrected chi connectivity index (χ4v) is 4.49. The minimum Gasteiger partial charge on any atom is -0.347 e. The van der Waals surface area contributed by atoms with E-state index in [1.54, 1.807) is 11.6 Å². The zero-order valence-corrected chi connectivity index (χ0v) is 14.5. The molecule has 1 amide bonds. The van der Waals surface area contributed by atoms with Crippen LogP contribution in [0.15, 0.2) is 24.3 Å². The first-order chi connectivity index (χ1) is 11.4. The average molecular weight is 348 g/mol. The third kappa shape index (κ3) is 3.33. The van der Waals surface area contributed by atoms with Crippen LogP contribution in [0.5, 0.6) is 0 Å². The Kier molecular flexibility index (Phi) is 4.40. The molecule has 1 saturated heterocycles. The molecule has 8 heteroatoms. The number of nitrogens with zero attached hydrogens (tertiary/aromatic N) is 3. The van der Waals surface area contributed by atoms with Crippen LogP contribution in [0.4, 0.5) is 0 Å². The van der Waals surface area contributed by atoms with Gasteiger partial charge in [0.15, 0.2) is 15.5 Å². The average Bonchev–Trinajstić information content (AvgIpc) is 3.09. The topological polar surface area (TPSA) is 93.9 Å². The zero-order chi connectivity index (χ0) is 17.3. The van der Waals surface area contributed by atoms with Crippen molar-refractivity contribution in [2.24, 2.45) is 0 Å². The second-order valence-corrected chi connectivity index (χ2v) is 8.26. The van der Waals surface area contributed by atoms with E-state index in [0.29, 0.717) is 12.1 Å². The van der Waals surface area contributed by atoms with Gasteiger partial charge in [-0.15, -0.1) is 5.10 Å². The third-order valence-electron chi connectivity index (χ3n) is 4.27. The summed E-state index contributed by atoms with van der Waals surface area (Å²) in [6.07, 6.45) is 1.40. The maximum Gasteiger partial charge on any atom is 0.274 e. The van der Waals surface area contributed by atoms with Crippen molar-refractivity contribution >= 4 is 15.7 Å². The van der Waals surface area contributed by atoms with Gasteiger partial charge in [0.25, 0.3) is 5.91 Å². The summed E-state index contributed by atoms with van der Waals surface area (Å²) in [5.74, 6) is -0.274. The van der Waals surface area contributed by atoms with E-state index in [1.165, 1.54) is 5.56 Å². The summed E-state index contributed by atoms with van der Waals surface area (Å²) in [7, 11) is -3.03. The molecule has 1 aliphatic heterocycles. The van der Waals surface area contributed by atoms with Crippen LogP contribution in [-0.4, -0.2) is 46.9 Å². The molecule has 128 valence electrons. The van der Waals surface area contributed by atoms with Gasteiger partial charge in [0, 0.05) is 6.04 Å². The van der Waals surface area contributed by atoms with E-state index in [1.807, 2.05) is 24.3 Å². The Morgan fingerprint density at radius 3 is 2.62 bits per heavy atom. The minimum absolute atomic E-state index is 0.00952.